The van der Waals surface area contributed by atoms with Gasteiger partial charge < -0.3 is 14.6 Å². The Hall–Kier alpha value is -1.83. The molecule has 0 unspecified atom stereocenters. The summed E-state index contributed by atoms with van der Waals surface area (Å²) in [4.78, 5) is 15.9. The van der Waals surface area contributed by atoms with E-state index in [2.05, 4.69) is 15.4 Å². The van der Waals surface area contributed by atoms with Gasteiger partial charge in [-0.2, -0.15) is 0 Å². The minimum atomic E-state index is -0.0242. The molecule has 1 aliphatic rings. The lowest BCUT2D eigenvalue weighted by Gasteiger charge is -2.26. The number of aromatic nitrogens is 1. The number of nitrogens with zero attached hydrogens (tertiary/aromatic N) is 2. The highest BCUT2D eigenvalue weighted by Crippen LogP contribution is 2.26. The molecule has 0 atom stereocenters. The number of amides is 1. The fourth-order valence-electron chi connectivity index (χ4n) is 2.84. The van der Waals surface area contributed by atoms with Gasteiger partial charge >= 0.3 is 0 Å². The van der Waals surface area contributed by atoms with Crippen LogP contribution in [0.5, 0.6) is 0 Å². The first-order chi connectivity index (χ1) is 12.7. The summed E-state index contributed by atoms with van der Waals surface area (Å²) in [5.74, 6) is 1.44. The van der Waals surface area contributed by atoms with Gasteiger partial charge in [0, 0.05) is 30.6 Å². The lowest BCUT2D eigenvalue weighted by atomic mass is 10.2. The van der Waals surface area contributed by atoms with Crippen molar-refractivity contribution in [3.8, 4) is 0 Å². The van der Waals surface area contributed by atoms with Crippen molar-refractivity contribution >= 4 is 17.7 Å². The first kappa shape index (κ1) is 18.9. The molecule has 2 aromatic rings. The zero-order valence-electron chi connectivity index (χ0n) is 15.1. The van der Waals surface area contributed by atoms with Gasteiger partial charge in [0.2, 0.25) is 0 Å². The van der Waals surface area contributed by atoms with E-state index >= 15 is 0 Å². The number of nitrogens with one attached hydrogen (secondary N) is 1. The number of carbonyl (C=O) groups is 1. The molecule has 7 heteroatoms. The fourth-order valence-corrected chi connectivity index (χ4v) is 3.76. The van der Waals surface area contributed by atoms with Crippen LogP contribution in [0.4, 0.5) is 0 Å². The summed E-state index contributed by atoms with van der Waals surface area (Å²) in [6.45, 7) is 7.14. The molecule has 1 N–H and O–H groups in total. The van der Waals surface area contributed by atoms with E-state index in [9.17, 15) is 4.79 Å². The van der Waals surface area contributed by atoms with Crippen LogP contribution >= 0.6 is 11.8 Å². The van der Waals surface area contributed by atoms with E-state index in [4.69, 9.17) is 9.26 Å². The SMILES string of the molecule is Cc1cc(CSc2ccccc2C(=O)NCCCN2CCOCC2)on1. The monoisotopic (exact) mass is 375 g/mol. The Labute approximate surface area is 158 Å². The van der Waals surface area contributed by atoms with Gasteiger partial charge in [0.25, 0.3) is 5.91 Å². The maximum atomic E-state index is 12.5. The molecule has 1 aromatic carbocycles. The number of carbonyl (C=O) groups excluding carboxylic acids is 1. The Morgan fingerprint density at radius 2 is 2.12 bits per heavy atom. The molecule has 2 heterocycles. The van der Waals surface area contributed by atoms with Crippen molar-refractivity contribution in [3.05, 3.63) is 47.3 Å². The second kappa shape index (κ2) is 9.75. The van der Waals surface area contributed by atoms with E-state index in [1.165, 1.54) is 0 Å². The lowest BCUT2D eigenvalue weighted by molar-refractivity contribution is 0.0374. The predicted octanol–water partition coefficient (Wildman–Crippen LogP) is 2.73. The summed E-state index contributed by atoms with van der Waals surface area (Å²) in [6, 6.07) is 9.59. The Bertz CT molecular complexity index is 714. The molecule has 0 saturated carbocycles. The van der Waals surface area contributed by atoms with Crippen molar-refractivity contribution in [2.75, 3.05) is 39.4 Å². The van der Waals surface area contributed by atoms with Gasteiger partial charge in [-0.1, -0.05) is 17.3 Å². The van der Waals surface area contributed by atoms with Crippen LogP contribution in [0.25, 0.3) is 0 Å². The summed E-state index contributed by atoms with van der Waals surface area (Å²) >= 11 is 1.59. The van der Waals surface area contributed by atoms with Crippen molar-refractivity contribution in [1.82, 2.24) is 15.4 Å². The summed E-state index contributed by atoms with van der Waals surface area (Å²) in [6.07, 6.45) is 0.943. The number of morpholine rings is 1. The molecular formula is C19H25N3O3S. The highest BCUT2D eigenvalue weighted by atomic mass is 32.2. The Kier molecular flexibility index (Phi) is 7.11. The molecule has 1 fully saturated rings. The zero-order chi connectivity index (χ0) is 18.2. The van der Waals surface area contributed by atoms with Crippen molar-refractivity contribution in [3.63, 3.8) is 0 Å². The molecule has 0 bridgehead atoms. The third-order valence-electron chi connectivity index (χ3n) is 4.22. The number of thioether (sulfide) groups is 1. The highest BCUT2D eigenvalue weighted by molar-refractivity contribution is 7.98. The minimum absolute atomic E-state index is 0.0242. The lowest BCUT2D eigenvalue weighted by Crippen LogP contribution is -2.38. The van der Waals surface area contributed by atoms with E-state index in [-0.39, 0.29) is 5.91 Å². The van der Waals surface area contributed by atoms with Crippen LogP contribution in [-0.4, -0.2) is 55.4 Å². The number of hydrogen-bond donors (Lipinski definition) is 1. The van der Waals surface area contributed by atoms with Gasteiger partial charge in [0.05, 0.1) is 30.2 Å². The number of rotatable bonds is 8. The van der Waals surface area contributed by atoms with Gasteiger partial charge in [0.1, 0.15) is 5.76 Å². The van der Waals surface area contributed by atoms with Crippen LogP contribution in [0.15, 0.2) is 39.8 Å². The maximum absolute atomic E-state index is 12.5. The Balaban J connectivity index is 1.47. The van der Waals surface area contributed by atoms with E-state index in [0.29, 0.717) is 17.9 Å². The second-order valence-electron chi connectivity index (χ2n) is 6.28. The van der Waals surface area contributed by atoms with Gasteiger partial charge in [-0.05, 0) is 32.0 Å². The average molecular weight is 375 g/mol. The van der Waals surface area contributed by atoms with Crippen molar-refractivity contribution < 1.29 is 14.1 Å². The molecule has 3 rings (SSSR count). The van der Waals surface area contributed by atoms with E-state index < -0.39 is 0 Å². The fraction of sp³-hybridized carbons (Fsp3) is 0.474. The zero-order valence-corrected chi connectivity index (χ0v) is 15.9. The van der Waals surface area contributed by atoms with Crippen LogP contribution in [0.1, 0.15) is 28.2 Å². The van der Waals surface area contributed by atoms with Crippen LogP contribution in [0.2, 0.25) is 0 Å². The van der Waals surface area contributed by atoms with Crippen LogP contribution < -0.4 is 5.32 Å². The summed E-state index contributed by atoms with van der Waals surface area (Å²) in [5, 5.41) is 6.93. The smallest absolute Gasteiger partial charge is 0.252 e. The Morgan fingerprint density at radius 3 is 2.88 bits per heavy atom. The third kappa shape index (κ3) is 5.59. The number of aryl methyl sites for hydroxylation is 1. The third-order valence-corrected chi connectivity index (χ3v) is 5.31. The summed E-state index contributed by atoms with van der Waals surface area (Å²) < 4.78 is 10.6. The van der Waals surface area contributed by atoms with Crippen molar-refractivity contribution in [1.29, 1.82) is 0 Å². The minimum Gasteiger partial charge on any atom is -0.379 e. The molecule has 1 aliphatic heterocycles. The van der Waals surface area contributed by atoms with Crippen molar-refractivity contribution in [2.24, 2.45) is 0 Å². The first-order valence-electron chi connectivity index (χ1n) is 8.95. The molecule has 1 saturated heterocycles. The Morgan fingerprint density at radius 1 is 1.31 bits per heavy atom. The van der Waals surface area contributed by atoms with Gasteiger partial charge in [-0.3, -0.25) is 9.69 Å². The second-order valence-corrected chi connectivity index (χ2v) is 7.30. The van der Waals surface area contributed by atoms with Gasteiger partial charge in [-0.15, -0.1) is 11.8 Å². The molecule has 26 heavy (non-hydrogen) atoms. The number of benzene rings is 1. The van der Waals surface area contributed by atoms with Gasteiger partial charge in [-0.25, -0.2) is 0 Å². The molecule has 1 aromatic heterocycles. The number of ether oxygens (including phenoxy) is 1. The molecule has 1 amide bonds. The first-order valence-corrected chi connectivity index (χ1v) is 9.93. The molecule has 6 nitrogen and oxygen atoms in total. The highest BCUT2D eigenvalue weighted by Gasteiger charge is 2.13. The molecule has 140 valence electrons. The quantitative estimate of drug-likeness (QED) is 0.565. The molecule has 0 aliphatic carbocycles. The van der Waals surface area contributed by atoms with Crippen LogP contribution in [0.3, 0.4) is 0 Å². The van der Waals surface area contributed by atoms with Gasteiger partial charge in [0.15, 0.2) is 0 Å². The summed E-state index contributed by atoms with van der Waals surface area (Å²) in [7, 11) is 0. The van der Waals surface area contributed by atoms with E-state index in [1.807, 2.05) is 37.3 Å². The topological polar surface area (TPSA) is 67.6 Å². The maximum Gasteiger partial charge on any atom is 0.252 e. The van der Waals surface area contributed by atoms with Crippen LogP contribution in [-0.2, 0) is 10.5 Å². The number of hydrogen-bond acceptors (Lipinski definition) is 6. The van der Waals surface area contributed by atoms with Crippen molar-refractivity contribution in [2.45, 2.75) is 24.0 Å². The standard InChI is InChI=1S/C19H25N3O3S/c1-15-13-16(25-21-15)14-26-18-6-3-2-5-17(18)19(23)20-7-4-8-22-9-11-24-12-10-22/h2-3,5-6,13H,4,7-12,14H2,1H3,(H,20,23). The molecule has 0 radical (unpaired) electrons. The summed E-state index contributed by atoms with van der Waals surface area (Å²) in [5.41, 5.74) is 1.58. The predicted molar refractivity (Wildman–Crippen MR) is 101 cm³/mol. The largest absolute Gasteiger partial charge is 0.379 e. The normalized spacial score (nSPS) is 15.1. The average Bonchev–Trinajstić information content (AvgIpc) is 3.10. The molecular weight excluding hydrogens is 350 g/mol. The van der Waals surface area contributed by atoms with Crippen LogP contribution in [0, 0.1) is 6.92 Å². The molecule has 0 spiro atoms. The van der Waals surface area contributed by atoms with E-state index in [0.717, 1.165) is 55.6 Å². The van der Waals surface area contributed by atoms with E-state index in [1.54, 1.807) is 11.8 Å².